The molecule has 1 heterocycles. The predicted octanol–water partition coefficient (Wildman–Crippen LogP) is 4.48. The van der Waals surface area contributed by atoms with Gasteiger partial charge in [0.25, 0.3) is 0 Å². The highest BCUT2D eigenvalue weighted by Gasteiger charge is 2.19. The van der Waals surface area contributed by atoms with Crippen molar-refractivity contribution in [3.05, 3.63) is 50.7 Å². The second kappa shape index (κ2) is 5.95. The average Bonchev–Trinajstić information content (AvgIpc) is 2.69. The van der Waals surface area contributed by atoms with Gasteiger partial charge in [-0.1, -0.05) is 41.7 Å². The summed E-state index contributed by atoms with van der Waals surface area (Å²) in [7, 11) is 0. The molecule has 0 saturated heterocycles. The first kappa shape index (κ1) is 14.4. The molecule has 2 aromatic rings. The van der Waals surface area contributed by atoms with Gasteiger partial charge in [-0.25, -0.2) is 0 Å². The lowest BCUT2D eigenvalue weighted by molar-refractivity contribution is 0.102. The summed E-state index contributed by atoms with van der Waals surface area (Å²) in [5.74, 6) is -0.236. The summed E-state index contributed by atoms with van der Waals surface area (Å²) in [5, 5.41) is 5.24. The summed E-state index contributed by atoms with van der Waals surface area (Å²) < 4.78 is 1.60. The zero-order chi connectivity index (χ0) is 14.0. The van der Waals surface area contributed by atoms with Gasteiger partial charge < -0.3 is 0 Å². The molecule has 0 saturated carbocycles. The van der Waals surface area contributed by atoms with Crippen molar-refractivity contribution in [2.45, 2.75) is 19.9 Å². The Hall–Kier alpha value is -1.03. The molecular weight excluding hydrogens is 307 g/mol. The smallest absolute Gasteiger partial charge is 0.212 e. The monoisotopic (exact) mass is 316 g/mol. The molecule has 0 unspecified atom stereocenters. The van der Waals surface area contributed by atoms with E-state index < -0.39 is 0 Å². The minimum atomic E-state index is -0.236. The van der Waals surface area contributed by atoms with Gasteiger partial charge in [-0.2, -0.15) is 5.10 Å². The fourth-order valence-electron chi connectivity index (χ4n) is 1.79. The summed E-state index contributed by atoms with van der Waals surface area (Å²) in [6.07, 6.45) is 2.32. The number of nitrogens with zero attached hydrogens (tertiary/aromatic N) is 2. The first-order chi connectivity index (χ1) is 9.02. The van der Waals surface area contributed by atoms with Gasteiger partial charge in [-0.05, 0) is 24.6 Å². The second-order valence-electron chi connectivity index (χ2n) is 4.05. The van der Waals surface area contributed by atoms with Gasteiger partial charge in [0.15, 0.2) is 0 Å². The maximum atomic E-state index is 12.5. The maximum Gasteiger partial charge on any atom is 0.212 e. The molecule has 100 valence electrons. The highest BCUT2D eigenvalue weighted by Crippen LogP contribution is 2.24. The summed E-state index contributed by atoms with van der Waals surface area (Å²) in [4.78, 5) is 12.5. The molecule has 0 amide bonds. The summed E-state index contributed by atoms with van der Waals surface area (Å²) >= 11 is 17.8. The molecule has 0 N–H and O–H groups in total. The van der Waals surface area contributed by atoms with Gasteiger partial charge in [0.2, 0.25) is 5.78 Å². The van der Waals surface area contributed by atoms with Crippen LogP contribution < -0.4 is 0 Å². The first-order valence-corrected chi connectivity index (χ1v) is 6.88. The van der Waals surface area contributed by atoms with E-state index in [-0.39, 0.29) is 5.78 Å². The summed E-state index contributed by atoms with van der Waals surface area (Å²) in [6.45, 7) is 2.63. The molecule has 1 aromatic carbocycles. The van der Waals surface area contributed by atoms with Crippen molar-refractivity contribution >= 4 is 40.6 Å². The molecule has 2 rings (SSSR count). The zero-order valence-corrected chi connectivity index (χ0v) is 12.4. The van der Waals surface area contributed by atoms with Crippen LogP contribution >= 0.6 is 34.8 Å². The zero-order valence-electron chi connectivity index (χ0n) is 10.2. The van der Waals surface area contributed by atoms with Gasteiger partial charge in [-0.3, -0.25) is 9.48 Å². The molecule has 0 radical (unpaired) electrons. The van der Waals surface area contributed by atoms with E-state index in [4.69, 9.17) is 34.8 Å². The Kier molecular flexibility index (Phi) is 4.50. The second-order valence-corrected chi connectivity index (χ2v) is 5.33. The fraction of sp³-hybridized carbons (Fsp3) is 0.231. The largest absolute Gasteiger partial charge is 0.287 e. The van der Waals surface area contributed by atoms with Gasteiger partial charge >= 0.3 is 0 Å². The topological polar surface area (TPSA) is 34.9 Å². The van der Waals surface area contributed by atoms with Crippen LogP contribution in [0.25, 0.3) is 0 Å². The van der Waals surface area contributed by atoms with Crippen LogP contribution in [0.1, 0.15) is 29.4 Å². The molecular formula is C13H11Cl3N2O. The predicted molar refractivity (Wildman–Crippen MR) is 77.4 cm³/mol. The Bertz CT molecular complexity index is 602. The number of carbonyl (C=O) groups is 1. The molecule has 0 aliphatic rings. The fourth-order valence-corrected chi connectivity index (χ4v) is 2.54. The van der Waals surface area contributed by atoms with Crippen LogP contribution in [0.5, 0.6) is 0 Å². The van der Waals surface area contributed by atoms with Gasteiger partial charge in [0.05, 0.1) is 11.2 Å². The minimum absolute atomic E-state index is 0.236. The van der Waals surface area contributed by atoms with E-state index >= 15 is 0 Å². The number of halogens is 3. The van der Waals surface area contributed by atoms with Crippen LogP contribution in [0.15, 0.2) is 24.4 Å². The van der Waals surface area contributed by atoms with Crippen molar-refractivity contribution in [2.24, 2.45) is 0 Å². The van der Waals surface area contributed by atoms with Crippen LogP contribution in [0.3, 0.4) is 0 Å². The molecule has 0 aliphatic heterocycles. The quantitative estimate of drug-likeness (QED) is 0.779. The molecule has 0 aliphatic carbocycles. The number of ketones is 1. The lowest BCUT2D eigenvalue weighted by Crippen LogP contribution is -2.12. The van der Waals surface area contributed by atoms with Gasteiger partial charge in [0, 0.05) is 22.2 Å². The van der Waals surface area contributed by atoms with Crippen molar-refractivity contribution < 1.29 is 4.79 Å². The maximum absolute atomic E-state index is 12.5. The van der Waals surface area contributed by atoms with E-state index in [0.29, 0.717) is 32.9 Å². The Labute approximate surface area is 126 Å². The normalized spacial score (nSPS) is 10.7. The first-order valence-electron chi connectivity index (χ1n) is 5.75. The Morgan fingerprint density at radius 2 is 1.84 bits per heavy atom. The third-order valence-electron chi connectivity index (χ3n) is 2.57. The number of aryl methyl sites for hydroxylation is 1. The van der Waals surface area contributed by atoms with Crippen LogP contribution in [0.2, 0.25) is 15.1 Å². The SMILES string of the molecule is CCCn1ncc(Cl)c1C(=O)c1cc(Cl)cc(Cl)c1. The molecule has 0 fully saturated rings. The van der Waals surface area contributed by atoms with Crippen LogP contribution in [0, 0.1) is 0 Å². The molecule has 1 aromatic heterocycles. The standard InChI is InChI=1S/C13H11Cl3N2O/c1-2-3-18-12(11(16)7-17-18)13(19)8-4-9(14)6-10(15)5-8/h4-7H,2-3H2,1H3. The van der Waals surface area contributed by atoms with Gasteiger partial charge in [-0.15, -0.1) is 0 Å². The molecule has 6 heteroatoms. The molecule has 0 spiro atoms. The van der Waals surface area contributed by atoms with Gasteiger partial charge in [0.1, 0.15) is 5.69 Å². The van der Waals surface area contributed by atoms with Crippen LogP contribution in [-0.4, -0.2) is 15.6 Å². The minimum Gasteiger partial charge on any atom is -0.287 e. The van der Waals surface area contributed by atoms with Crippen molar-refractivity contribution in [2.75, 3.05) is 0 Å². The summed E-state index contributed by atoms with van der Waals surface area (Å²) in [6, 6.07) is 4.70. The lowest BCUT2D eigenvalue weighted by atomic mass is 10.1. The summed E-state index contributed by atoms with van der Waals surface area (Å²) in [5.41, 5.74) is 0.763. The number of rotatable bonds is 4. The van der Waals surface area contributed by atoms with Crippen molar-refractivity contribution in [3.8, 4) is 0 Å². The van der Waals surface area contributed by atoms with Crippen molar-refractivity contribution in [1.29, 1.82) is 0 Å². The number of aromatic nitrogens is 2. The lowest BCUT2D eigenvalue weighted by Gasteiger charge is -2.07. The molecule has 19 heavy (non-hydrogen) atoms. The van der Waals surface area contributed by atoms with E-state index in [1.807, 2.05) is 6.92 Å². The van der Waals surface area contributed by atoms with Crippen molar-refractivity contribution in [1.82, 2.24) is 9.78 Å². The molecule has 0 bridgehead atoms. The average molecular weight is 318 g/mol. The van der Waals surface area contributed by atoms with Crippen LogP contribution in [0.4, 0.5) is 0 Å². The number of benzene rings is 1. The van der Waals surface area contributed by atoms with E-state index in [2.05, 4.69) is 5.10 Å². The van der Waals surface area contributed by atoms with E-state index in [1.54, 1.807) is 22.9 Å². The number of hydrogen-bond acceptors (Lipinski definition) is 2. The van der Waals surface area contributed by atoms with E-state index in [9.17, 15) is 4.79 Å². The Morgan fingerprint density at radius 3 is 2.42 bits per heavy atom. The highest BCUT2D eigenvalue weighted by atomic mass is 35.5. The molecule has 3 nitrogen and oxygen atoms in total. The highest BCUT2D eigenvalue weighted by molar-refractivity contribution is 6.36. The van der Waals surface area contributed by atoms with Crippen molar-refractivity contribution in [3.63, 3.8) is 0 Å². The molecule has 0 atom stereocenters. The Balaban J connectivity index is 2.46. The van der Waals surface area contributed by atoms with E-state index in [1.165, 1.54) is 6.20 Å². The third-order valence-corrected chi connectivity index (χ3v) is 3.28. The Morgan fingerprint density at radius 1 is 1.21 bits per heavy atom. The number of carbonyl (C=O) groups excluding carboxylic acids is 1. The van der Waals surface area contributed by atoms with E-state index in [0.717, 1.165) is 6.42 Å². The number of hydrogen-bond donors (Lipinski definition) is 0. The van der Waals surface area contributed by atoms with Crippen LogP contribution in [-0.2, 0) is 6.54 Å². The third kappa shape index (κ3) is 3.11.